The zero-order chi connectivity index (χ0) is 13.8. The second-order valence-electron chi connectivity index (χ2n) is 5.96. The minimum Gasteiger partial charge on any atom is -0.477 e. The van der Waals surface area contributed by atoms with Crippen molar-refractivity contribution >= 4 is 5.97 Å². The average Bonchev–Trinajstić information content (AvgIpc) is 2.58. The molecule has 1 saturated carbocycles. The van der Waals surface area contributed by atoms with E-state index in [1.165, 1.54) is 12.8 Å². The smallest absolute Gasteiger partial charge is 0.341 e. The Morgan fingerprint density at radius 2 is 1.95 bits per heavy atom. The number of carbonyl (C=O) groups is 1. The fourth-order valence-corrected chi connectivity index (χ4v) is 2.91. The summed E-state index contributed by atoms with van der Waals surface area (Å²) in [6, 6.07) is 0. The average molecular weight is 265 g/mol. The standard InChI is InChI=1S/C15H23NO3/c1-10(2)9-12-13(15(17)18)14(16-19-12)11-7-5-3-4-6-8-11/h10-11H,3-9H2,1-2H3,(H,17,18). The predicted molar refractivity (Wildman–Crippen MR) is 72.4 cm³/mol. The predicted octanol–water partition coefficient (Wildman–Crippen LogP) is 4.01. The van der Waals surface area contributed by atoms with E-state index in [-0.39, 0.29) is 5.92 Å². The Labute approximate surface area is 114 Å². The number of aromatic nitrogens is 1. The van der Waals surface area contributed by atoms with Crippen LogP contribution in [0.3, 0.4) is 0 Å². The van der Waals surface area contributed by atoms with Crippen LogP contribution in [-0.4, -0.2) is 16.2 Å². The van der Waals surface area contributed by atoms with Crippen LogP contribution in [0.5, 0.6) is 0 Å². The first-order valence-corrected chi connectivity index (χ1v) is 7.31. The van der Waals surface area contributed by atoms with Crippen molar-refractivity contribution in [3.63, 3.8) is 0 Å². The van der Waals surface area contributed by atoms with Crippen LogP contribution in [-0.2, 0) is 6.42 Å². The number of aromatic carboxylic acids is 1. The molecule has 1 aromatic heterocycles. The highest BCUT2D eigenvalue weighted by Gasteiger charge is 2.28. The lowest BCUT2D eigenvalue weighted by molar-refractivity contribution is 0.0692. The Hall–Kier alpha value is -1.32. The molecular weight excluding hydrogens is 242 g/mol. The first-order valence-electron chi connectivity index (χ1n) is 7.31. The summed E-state index contributed by atoms with van der Waals surface area (Å²) in [5.41, 5.74) is 1.02. The molecule has 106 valence electrons. The molecule has 0 atom stereocenters. The van der Waals surface area contributed by atoms with Gasteiger partial charge in [0.2, 0.25) is 0 Å². The van der Waals surface area contributed by atoms with Crippen molar-refractivity contribution in [3.8, 4) is 0 Å². The van der Waals surface area contributed by atoms with Crippen molar-refractivity contribution in [2.75, 3.05) is 0 Å². The van der Waals surface area contributed by atoms with Gasteiger partial charge < -0.3 is 9.63 Å². The molecule has 1 fully saturated rings. The molecular formula is C15H23NO3. The van der Waals surface area contributed by atoms with E-state index in [1.807, 2.05) is 0 Å². The fraction of sp³-hybridized carbons (Fsp3) is 0.733. The van der Waals surface area contributed by atoms with Crippen LogP contribution in [0.4, 0.5) is 0 Å². The molecule has 0 amide bonds. The quantitative estimate of drug-likeness (QED) is 0.835. The lowest BCUT2D eigenvalue weighted by Gasteiger charge is -2.11. The zero-order valence-electron chi connectivity index (χ0n) is 11.8. The summed E-state index contributed by atoms with van der Waals surface area (Å²) in [5, 5.41) is 13.5. The molecule has 0 saturated heterocycles. The van der Waals surface area contributed by atoms with Crippen molar-refractivity contribution in [3.05, 3.63) is 17.0 Å². The minimum atomic E-state index is -0.892. The second kappa shape index (κ2) is 6.22. The SMILES string of the molecule is CC(C)Cc1onc(C2CCCCCC2)c1C(=O)O. The maximum atomic E-state index is 11.5. The van der Waals surface area contributed by atoms with Crippen LogP contribution in [0.15, 0.2) is 4.52 Å². The fourth-order valence-electron chi connectivity index (χ4n) is 2.91. The van der Waals surface area contributed by atoms with Crippen molar-refractivity contribution in [2.24, 2.45) is 5.92 Å². The molecule has 19 heavy (non-hydrogen) atoms. The summed E-state index contributed by atoms with van der Waals surface area (Å²) in [6.07, 6.45) is 7.53. The Kier molecular flexibility index (Phi) is 4.61. The van der Waals surface area contributed by atoms with Crippen molar-refractivity contribution < 1.29 is 14.4 Å². The molecule has 0 aromatic carbocycles. The van der Waals surface area contributed by atoms with Gasteiger partial charge in [-0.05, 0) is 18.8 Å². The molecule has 1 aromatic rings. The van der Waals surface area contributed by atoms with Crippen LogP contribution in [0.1, 0.15) is 80.1 Å². The molecule has 4 heteroatoms. The number of carboxylic acids is 1. The first kappa shape index (κ1) is 14.1. The van der Waals surface area contributed by atoms with Crippen LogP contribution >= 0.6 is 0 Å². The van der Waals surface area contributed by atoms with Gasteiger partial charge in [-0.2, -0.15) is 0 Å². The number of hydrogen-bond donors (Lipinski definition) is 1. The van der Waals surface area contributed by atoms with Gasteiger partial charge in [-0.15, -0.1) is 0 Å². The number of hydrogen-bond acceptors (Lipinski definition) is 3. The van der Waals surface area contributed by atoms with Gasteiger partial charge in [0.25, 0.3) is 0 Å². The summed E-state index contributed by atoms with van der Waals surface area (Å²) >= 11 is 0. The molecule has 1 heterocycles. The van der Waals surface area contributed by atoms with E-state index >= 15 is 0 Å². The van der Waals surface area contributed by atoms with Crippen molar-refractivity contribution in [1.82, 2.24) is 5.16 Å². The lowest BCUT2D eigenvalue weighted by Crippen LogP contribution is -2.09. The Bertz CT molecular complexity index is 429. The highest BCUT2D eigenvalue weighted by Crippen LogP contribution is 2.34. The Morgan fingerprint density at radius 1 is 1.32 bits per heavy atom. The third-order valence-electron chi connectivity index (χ3n) is 3.84. The summed E-state index contributed by atoms with van der Waals surface area (Å²) < 4.78 is 5.33. The Morgan fingerprint density at radius 3 is 2.47 bits per heavy atom. The third-order valence-corrected chi connectivity index (χ3v) is 3.84. The van der Waals surface area contributed by atoms with Gasteiger partial charge in [-0.25, -0.2) is 4.79 Å². The molecule has 1 aliphatic carbocycles. The van der Waals surface area contributed by atoms with Crippen LogP contribution in [0.25, 0.3) is 0 Å². The molecule has 0 radical (unpaired) electrons. The van der Waals surface area contributed by atoms with Gasteiger partial charge in [0.1, 0.15) is 11.3 Å². The molecule has 4 nitrogen and oxygen atoms in total. The molecule has 1 aliphatic rings. The monoisotopic (exact) mass is 265 g/mol. The van der Waals surface area contributed by atoms with Gasteiger partial charge in [0.05, 0.1) is 0 Å². The largest absolute Gasteiger partial charge is 0.477 e. The van der Waals surface area contributed by atoms with E-state index < -0.39 is 5.97 Å². The normalized spacial score (nSPS) is 17.6. The van der Waals surface area contributed by atoms with Gasteiger partial charge in [-0.3, -0.25) is 0 Å². The van der Waals surface area contributed by atoms with Crippen LogP contribution in [0, 0.1) is 5.92 Å². The third kappa shape index (κ3) is 3.37. The minimum absolute atomic E-state index is 0.262. The molecule has 0 aliphatic heterocycles. The van der Waals surface area contributed by atoms with E-state index in [4.69, 9.17) is 4.52 Å². The molecule has 2 rings (SSSR count). The van der Waals surface area contributed by atoms with E-state index in [2.05, 4.69) is 19.0 Å². The topological polar surface area (TPSA) is 63.3 Å². The number of carboxylic acid groups (broad SMARTS) is 1. The molecule has 0 spiro atoms. The van der Waals surface area contributed by atoms with Crippen LogP contribution in [0.2, 0.25) is 0 Å². The summed E-state index contributed by atoms with van der Waals surface area (Å²) in [4.78, 5) is 11.5. The zero-order valence-corrected chi connectivity index (χ0v) is 11.8. The van der Waals surface area contributed by atoms with E-state index in [0.29, 0.717) is 29.4 Å². The maximum Gasteiger partial charge on any atom is 0.341 e. The summed E-state index contributed by atoms with van der Waals surface area (Å²) in [7, 11) is 0. The highest BCUT2D eigenvalue weighted by atomic mass is 16.5. The first-order chi connectivity index (χ1) is 9.09. The highest BCUT2D eigenvalue weighted by molar-refractivity contribution is 5.90. The van der Waals surface area contributed by atoms with Gasteiger partial charge in [-0.1, -0.05) is 44.7 Å². The molecule has 0 unspecified atom stereocenters. The summed E-state index contributed by atoms with van der Waals surface area (Å²) in [5.74, 6) is 0.282. The van der Waals surface area contributed by atoms with Crippen molar-refractivity contribution in [1.29, 1.82) is 0 Å². The van der Waals surface area contributed by atoms with E-state index in [1.54, 1.807) is 0 Å². The van der Waals surface area contributed by atoms with E-state index in [9.17, 15) is 9.90 Å². The van der Waals surface area contributed by atoms with Crippen molar-refractivity contribution in [2.45, 2.75) is 64.7 Å². The summed E-state index contributed by atoms with van der Waals surface area (Å²) in [6.45, 7) is 4.11. The second-order valence-corrected chi connectivity index (χ2v) is 5.96. The van der Waals surface area contributed by atoms with E-state index in [0.717, 1.165) is 25.7 Å². The van der Waals surface area contributed by atoms with Gasteiger partial charge in [0, 0.05) is 12.3 Å². The lowest BCUT2D eigenvalue weighted by atomic mass is 9.92. The van der Waals surface area contributed by atoms with Gasteiger partial charge in [0.15, 0.2) is 5.76 Å². The van der Waals surface area contributed by atoms with Gasteiger partial charge >= 0.3 is 5.97 Å². The molecule has 1 N–H and O–H groups in total. The number of nitrogens with zero attached hydrogens (tertiary/aromatic N) is 1. The van der Waals surface area contributed by atoms with Crippen LogP contribution < -0.4 is 0 Å². The Balaban J connectivity index is 2.28. The number of rotatable bonds is 4. The molecule has 0 bridgehead atoms. The maximum absolute atomic E-state index is 11.5.